The van der Waals surface area contributed by atoms with E-state index in [4.69, 9.17) is 32.2 Å². The molecule has 0 amide bonds. The van der Waals surface area contributed by atoms with Gasteiger partial charge in [0.15, 0.2) is 0 Å². The molecule has 7 atom stereocenters. The zero-order chi connectivity index (χ0) is 46.3. The van der Waals surface area contributed by atoms with Crippen molar-refractivity contribution in [3.63, 3.8) is 0 Å². The fraction of sp³-hybridized carbons (Fsp3) is 1.00. The van der Waals surface area contributed by atoms with Crippen LogP contribution < -0.4 is 0 Å². The predicted octanol–water partition coefficient (Wildman–Crippen LogP) is 7.58. The van der Waals surface area contributed by atoms with E-state index in [9.17, 15) is 20.4 Å². The lowest BCUT2D eigenvalue weighted by atomic mass is 10.0. The molecule has 14 heteroatoms. The van der Waals surface area contributed by atoms with E-state index in [1.165, 1.54) is 38.5 Å². The van der Waals surface area contributed by atoms with Crippen LogP contribution in [0.2, 0.25) is 6.04 Å². The Hall–Kier alpha value is -0.303. The first-order valence-corrected chi connectivity index (χ1v) is 27.0. The Balaban J connectivity index is 5.29. The van der Waals surface area contributed by atoms with Gasteiger partial charge in [0.05, 0.1) is 50.8 Å². The molecule has 0 heterocycles. The fourth-order valence-corrected chi connectivity index (χ4v) is 9.60. The van der Waals surface area contributed by atoms with Crippen molar-refractivity contribution in [1.82, 2.24) is 9.80 Å². The number of aliphatic hydroxyl groups excluding tert-OH is 4. The van der Waals surface area contributed by atoms with E-state index >= 15 is 0 Å². The number of hydrogen-bond acceptors (Lipinski definition) is 13. The van der Waals surface area contributed by atoms with Crippen molar-refractivity contribution in [3.8, 4) is 0 Å². The van der Waals surface area contributed by atoms with Crippen molar-refractivity contribution < 1.29 is 52.7 Å². The molecule has 374 valence electrons. The van der Waals surface area contributed by atoms with Crippen LogP contribution in [0.25, 0.3) is 0 Å². The van der Waals surface area contributed by atoms with Gasteiger partial charge in [-0.2, -0.15) is 0 Å². The second-order valence-corrected chi connectivity index (χ2v) is 21.0. The summed E-state index contributed by atoms with van der Waals surface area (Å²) in [4.78, 5) is 4.29. The molecule has 0 radical (unpaired) electrons. The molecule has 0 aliphatic heterocycles. The van der Waals surface area contributed by atoms with E-state index in [2.05, 4.69) is 51.3 Å². The second-order valence-electron chi connectivity index (χ2n) is 17.9. The highest BCUT2D eigenvalue weighted by Crippen LogP contribution is 2.17. The summed E-state index contributed by atoms with van der Waals surface area (Å²) in [5.74, 6) is 1.55. The van der Waals surface area contributed by atoms with Crippen molar-refractivity contribution in [2.45, 2.75) is 181 Å². The van der Waals surface area contributed by atoms with Crippen molar-refractivity contribution in [2.75, 3.05) is 113 Å². The third-order valence-corrected chi connectivity index (χ3v) is 15.0. The highest BCUT2D eigenvalue weighted by molar-refractivity contribution is 6.60. The summed E-state index contributed by atoms with van der Waals surface area (Å²) < 4.78 is 40.3. The molecule has 4 N–H and O–H groups in total. The van der Waals surface area contributed by atoms with Crippen LogP contribution in [0.5, 0.6) is 0 Å². The lowest BCUT2D eigenvalue weighted by molar-refractivity contribution is -0.0209. The zero-order valence-corrected chi connectivity index (χ0v) is 42.7. The molecule has 0 aromatic heterocycles. The summed E-state index contributed by atoms with van der Waals surface area (Å²) in [7, 11) is 2.13. The van der Waals surface area contributed by atoms with Gasteiger partial charge in [-0.3, -0.25) is 9.80 Å². The SMILES string of the molecule is CCCCC(CC)COCC(O)CN(CCCCCCN(CC(O)COCC(CC)CCCC)CC(O)COCC(CC)CCCC)CC(O)COCCC[Si](OC)(OC)OC. The van der Waals surface area contributed by atoms with Gasteiger partial charge in [-0.05, 0) is 69.4 Å². The van der Waals surface area contributed by atoms with E-state index < -0.39 is 33.2 Å². The molecular formula is C48H102N2O11Si. The molecule has 7 unspecified atom stereocenters. The lowest BCUT2D eigenvalue weighted by Gasteiger charge is -2.28. The number of unbranched alkanes of at least 4 members (excludes halogenated alkanes) is 6. The first-order valence-electron chi connectivity index (χ1n) is 25.1. The third kappa shape index (κ3) is 33.2. The first-order chi connectivity index (χ1) is 30.0. The van der Waals surface area contributed by atoms with Crippen molar-refractivity contribution in [1.29, 1.82) is 0 Å². The average molecular weight is 911 g/mol. The summed E-state index contributed by atoms with van der Waals surface area (Å²) in [6.07, 6.45) is 15.6. The predicted molar refractivity (Wildman–Crippen MR) is 255 cm³/mol. The van der Waals surface area contributed by atoms with Gasteiger partial charge in [-0.15, -0.1) is 0 Å². The largest absolute Gasteiger partial charge is 0.500 e. The first kappa shape index (κ1) is 61.7. The Labute approximate surface area is 382 Å². The molecule has 0 aromatic rings. The van der Waals surface area contributed by atoms with E-state index in [-0.39, 0.29) is 13.2 Å². The summed E-state index contributed by atoms with van der Waals surface area (Å²) in [6.45, 7) is 19.9. The lowest BCUT2D eigenvalue weighted by Crippen LogP contribution is -2.43. The number of rotatable bonds is 48. The highest BCUT2D eigenvalue weighted by atomic mass is 28.4. The summed E-state index contributed by atoms with van der Waals surface area (Å²) in [6, 6.07) is 0.626. The Morgan fingerprint density at radius 1 is 0.403 bits per heavy atom. The maximum Gasteiger partial charge on any atom is 0.500 e. The quantitative estimate of drug-likeness (QED) is 0.0351. The van der Waals surface area contributed by atoms with Crippen LogP contribution in [0, 0.1) is 17.8 Å². The maximum absolute atomic E-state index is 11.0. The summed E-state index contributed by atoms with van der Waals surface area (Å²) in [5, 5.41) is 44.0. The van der Waals surface area contributed by atoms with Crippen LogP contribution >= 0.6 is 0 Å². The van der Waals surface area contributed by atoms with E-state index in [0.717, 1.165) is 77.3 Å². The Kier molecular flexibility index (Phi) is 41.9. The van der Waals surface area contributed by atoms with E-state index in [1.807, 2.05) is 0 Å². The minimum Gasteiger partial charge on any atom is -0.389 e. The van der Waals surface area contributed by atoms with Crippen LogP contribution in [-0.4, -0.2) is 177 Å². The normalized spacial score (nSPS) is 15.9. The number of nitrogens with zero attached hydrogens (tertiary/aromatic N) is 2. The molecule has 0 bridgehead atoms. The minimum absolute atomic E-state index is 0.194. The third-order valence-electron chi connectivity index (χ3n) is 12.2. The Morgan fingerprint density at radius 2 is 0.726 bits per heavy atom. The van der Waals surface area contributed by atoms with Gasteiger partial charge >= 0.3 is 8.80 Å². The molecule has 0 aliphatic carbocycles. The molecular weight excluding hydrogens is 809 g/mol. The smallest absolute Gasteiger partial charge is 0.389 e. The fourth-order valence-electron chi connectivity index (χ4n) is 7.91. The summed E-state index contributed by atoms with van der Waals surface area (Å²) in [5.41, 5.74) is 0. The van der Waals surface area contributed by atoms with Crippen LogP contribution in [0.3, 0.4) is 0 Å². The standard InChI is InChI=1S/C48H102N2O11Si/c1-10-16-24-42(13-4)35-59-39-46(52)32-49(31-45(51)38-58-29-23-30-62(55-7,56-8)57-9)27-21-19-20-22-28-50(33-47(53)40-60-36-43(14-5)25-17-11-2)34-48(54)41-61-37-44(15-6)26-18-12-3/h42-48,51-54H,10-41H2,1-9H3. The van der Waals surface area contributed by atoms with Crippen LogP contribution in [0.15, 0.2) is 0 Å². The molecule has 13 nitrogen and oxygen atoms in total. The van der Waals surface area contributed by atoms with Gasteiger partial charge in [0.25, 0.3) is 0 Å². The van der Waals surface area contributed by atoms with Gasteiger partial charge < -0.3 is 52.7 Å². The van der Waals surface area contributed by atoms with Crippen LogP contribution in [0.4, 0.5) is 0 Å². The molecule has 62 heavy (non-hydrogen) atoms. The van der Waals surface area contributed by atoms with Gasteiger partial charge in [0.2, 0.25) is 0 Å². The molecule has 0 aliphatic rings. The number of hydrogen-bond donors (Lipinski definition) is 4. The Morgan fingerprint density at radius 3 is 1.02 bits per heavy atom. The number of aliphatic hydroxyl groups is 4. The van der Waals surface area contributed by atoms with Gasteiger partial charge in [-0.25, -0.2) is 0 Å². The van der Waals surface area contributed by atoms with Gasteiger partial charge in [-0.1, -0.05) is 112 Å². The average Bonchev–Trinajstić information content (AvgIpc) is 3.26. The Bertz CT molecular complexity index is 905. The molecule has 0 saturated heterocycles. The van der Waals surface area contributed by atoms with Crippen LogP contribution in [-0.2, 0) is 32.2 Å². The molecule has 0 saturated carbocycles. The molecule has 0 fully saturated rings. The monoisotopic (exact) mass is 911 g/mol. The van der Waals surface area contributed by atoms with E-state index in [0.29, 0.717) is 96.0 Å². The summed E-state index contributed by atoms with van der Waals surface area (Å²) >= 11 is 0. The van der Waals surface area contributed by atoms with Gasteiger partial charge in [0, 0.05) is 80.0 Å². The van der Waals surface area contributed by atoms with Crippen molar-refractivity contribution in [2.24, 2.45) is 17.8 Å². The zero-order valence-electron chi connectivity index (χ0n) is 41.7. The topological polar surface area (TPSA) is 152 Å². The van der Waals surface area contributed by atoms with E-state index in [1.54, 1.807) is 21.3 Å². The van der Waals surface area contributed by atoms with Gasteiger partial charge in [0.1, 0.15) is 0 Å². The molecule has 0 rings (SSSR count). The highest BCUT2D eigenvalue weighted by Gasteiger charge is 2.37. The van der Waals surface area contributed by atoms with Crippen molar-refractivity contribution >= 4 is 8.80 Å². The molecule has 0 spiro atoms. The second kappa shape index (κ2) is 42.1. The van der Waals surface area contributed by atoms with Crippen LogP contribution in [0.1, 0.15) is 151 Å². The maximum atomic E-state index is 11.0. The number of ether oxygens (including phenoxy) is 4. The molecule has 0 aromatic carbocycles. The minimum atomic E-state index is -2.67. The van der Waals surface area contributed by atoms with Crippen molar-refractivity contribution in [3.05, 3.63) is 0 Å².